The van der Waals surface area contributed by atoms with Gasteiger partial charge < -0.3 is 4.90 Å². The molecule has 2 aromatic rings. The van der Waals surface area contributed by atoms with Crippen LogP contribution in [0.15, 0.2) is 29.2 Å². The predicted molar refractivity (Wildman–Crippen MR) is 71.3 cm³/mol. The molecule has 104 valence electrons. The highest BCUT2D eigenvalue weighted by atomic mass is 16.2. The molecule has 1 amide bonds. The van der Waals surface area contributed by atoms with E-state index < -0.39 is 0 Å². The lowest BCUT2D eigenvalue weighted by Crippen LogP contribution is -2.39. The Kier molecular flexibility index (Phi) is 3.32. The monoisotopic (exact) mass is 273 g/mol. The van der Waals surface area contributed by atoms with E-state index in [-0.39, 0.29) is 23.1 Å². The molecule has 1 aliphatic rings. The Morgan fingerprint density at radius 1 is 1.30 bits per heavy atom. The van der Waals surface area contributed by atoms with E-state index >= 15 is 0 Å². The van der Waals surface area contributed by atoms with Gasteiger partial charge in [-0.1, -0.05) is 0 Å². The van der Waals surface area contributed by atoms with E-state index in [4.69, 9.17) is 0 Å². The van der Waals surface area contributed by atoms with E-state index in [0.29, 0.717) is 13.1 Å². The summed E-state index contributed by atoms with van der Waals surface area (Å²) in [5.74, 6) is 0.128. The van der Waals surface area contributed by atoms with Crippen molar-refractivity contribution in [2.45, 2.75) is 18.8 Å². The van der Waals surface area contributed by atoms with Crippen molar-refractivity contribution in [3.8, 4) is 0 Å². The number of likely N-dealkylation sites (tertiary alicyclic amines) is 1. The molecule has 0 aliphatic carbocycles. The summed E-state index contributed by atoms with van der Waals surface area (Å²) in [6.07, 6.45) is 3.70. The second-order valence-electron chi connectivity index (χ2n) is 4.91. The normalized spacial score (nSPS) is 19.0. The molecular weight excluding hydrogens is 258 g/mol. The molecule has 0 radical (unpaired) electrons. The maximum atomic E-state index is 12.3. The molecule has 0 aromatic carbocycles. The molecule has 0 saturated carbocycles. The van der Waals surface area contributed by atoms with Gasteiger partial charge in [0.25, 0.3) is 11.5 Å². The summed E-state index contributed by atoms with van der Waals surface area (Å²) in [6.45, 7) is 1.35. The number of H-pyrrole nitrogens is 2. The highest BCUT2D eigenvalue weighted by Gasteiger charge is 2.26. The van der Waals surface area contributed by atoms with Gasteiger partial charge in [0.1, 0.15) is 5.69 Å². The zero-order chi connectivity index (χ0) is 13.9. The smallest absolute Gasteiger partial charge is 0.274 e. The quantitative estimate of drug-likeness (QED) is 0.833. The van der Waals surface area contributed by atoms with Crippen molar-refractivity contribution < 1.29 is 4.79 Å². The summed E-state index contributed by atoms with van der Waals surface area (Å²) in [5.41, 5.74) is 1.02. The molecule has 2 aromatic heterocycles. The van der Waals surface area contributed by atoms with Crippen LogP contribution in [0.5, 0.6) is 0 Å². The lowest BCUT2D eigenvalue weighted by molar-refractivity contribution is 0.0698. The summed E-state index contributed by atoms with van der Waals surface area (Å²) < 4.78 is 0. The van der Waals surface area contributed by atoms with E-state index in [9.17, 15) is 9.59 Å². The first-order valence-electron chi connectivity index (χ1n) is 6.58. The predicted octanol–water partition coefficient (Wildman–Crippen LogP) is 0.513. The minimum Gasteiger partial charge on any atom is -0.337 e. The van der Waals surface area contributed by atoms with Gasteiger partial charge in [-0.3, -0.25) is 14.7 Å². The Labute approximate surface area is 115 Å². The van der Waals surface area contributed by atoms with Crippen LogP contribution in [0.25, 0.3) is 0 Å². The molecule has 7 heteroatoms. The minimum absolute atomic E-state index is 0.148. The average molecular weight is 273 g/mol. The third-order valence-corrected chi connectivity index (χ3v) is 3.57. The summed E-state index contributed by atoms with van der Waals surface area (Å²) in [7, 11) is 0. The Morgan fingerprint density at radius 2 is 2.20 bits per heavy atom. The summed E-state index contributed by atoms with van der Waals surface area (Å²) in [6, 6.07) is 4.72. The van der Waals surface area contributed by atoms with E-state index in [2.05, 4.69) is 20.4 Å². The molecule has 1 saturated heterocycles. The first kappa shape index (κ1) is 12.6. The number of hydrogen-bond acceptors (Lipinski definition) is 4. The molecule has 0 bridgehead atoms. The van der Waals surface area contributed by atoms with Gasteiger partial charge in [-0.2, -0.15) is 10.2 Å². The summed E-state index contributed by atoms with van der Waals surface area (Å²) >= 11 is 0. The molecule has 0 unspecified atom stereocenters. The van der Waals surface area contributed by atoms with Crippen LogP contribution in [0.1, 0.15) is 34.9 Å². The van der Waals surface area contributed by atoms with Gasteiger partial charge in [-0.05, 0) is 25.0 Å². The molecule has 1 aliphatic heterocycles. The topological polar surface area (TPSA) is 94.7 Å². The third kappa shape index (κ3) is 2.47. The van der Waals surface area contributed by atoms with Crippen molar-refractivity contribution in [2.24, 2.45) is 0 Å². The molecule has 1 atom stereocenters. The van der Waals surface area contributed by atoms with Gasteiger partial charge in [-0.15, -0.1) is 0 Å². The maximum absolute atomic E-state index is 12.3. The summed E-state index contributed by atoms with van der Waals surface area (Å²) in [5, 5.41) is 13.0. The van der Waals surface area contributed by atoms with Gasteiger partial charge in [0, 0.05) is 37.0 Å². The van der Waals surface area contributed by atoms with E-state index in [1.54, 1.807) is 11.1 Å². The first-order valence-corrected chi connectivity index (χ1v) is 6.58. The molecule has 1 fully saturated rings. The molecule has 0 spiro atoms. The van der Waals surface area contributed by atoms with Crippen molar-refractivity contribution in [1.29, 1.82) is 0 Å². The van der Waals surface area contributed by atoms with Gasteiger partial charge in [-0.25, -0.2) is 5.10 Å². The summed E-state index contributed by atoms with van der Waals surface area (Å²) in [4.78, 5) is 25.1. The fourth-order valence-corrected chi connectivity index (χ4v) is 2.54. The number of hydrogen-bond donors (Lipinski definition) is 2. The molecule has 20 heavy (non-hydrogen) atoms. The van der Waals surface area contributed by atoms with Crippen LogP contribution in [0.4, 0.5) is 0 Å². The lowest BCUT2D eigenvalue weighted by Gasteiger charge is -2.31. The van der Waals surface area contributed by atoms with Crippen molar-refractivity contribution in [2.75, 3.05) is 13.1 Å². The highest BCUT2D eigenvalue weighted by Crippen LogP contribution is 2.25. The number of carbonyl (C=O) groups excluding carboxylic acids is 1. The standard InChI is InChI=1S/C13H15N5O2/c19-12-4-3-11(16-17-12)13(20)18-7-1-2-9(8-18)10-5-6-14-15-10/h3-6,9H,1-2,7-8H2,(H,14,15)(H,17,19)/t9-/m1/s1. The van der Waals surface area contributed by atoms with Gasteiger partial charge in [0.05, 0.1) is 0 Å². The number of nitrogens with zero attached hydrogens (tertiary/aromatic N) is 3. The van der Waals surface area contributed by atoms with Gasteiger partial charge >= 0.3 is 0 Å². The molecule has 3 heterocycles. The van der Waals surface area contributed by atoms with Crippen LogP contribution in [0.2, 0.25) is 0 Å². The number of piperidine rings is 1. The van der Waals surface area contributed by atoms with Crippen LogP contribution >= 0.6 is 0 Å². The van der Waals surface area contributed by atoms with E-state index in [1.165, 1.54) is 12.1 Å². The van der Waals surface area contributed by atoms with Crippen LogP contribution < -0.4 is 5.56 Å². The van der Waals surface area contributed by atoms with E-state index in [0.717, 1.165) is 18.5 Å². The SMILES string of the molecule is O=C(c1ccc(=O)[nH]n1)N1CCC[C@@H](c2ccn[nH]2)C1. The minimum atomic E-state index is -0.310. The lowest BCUT2D eigenvalue weighted by atomic mass is 9.95. The molecule has 2 N–H and O–H groups in total. The molecule has 7 nitrogen and oxygen atoms in total. The Morgan fingerprint density at radius 3 is 2.90 bits per heavy atom. The third-order valence-electron chi connectivity index (χ3n) is 3.57. The van der Waals surface area contributed by atoms with Crippen LogP contribution in [0, 0.1) is 0 Å². The second-order valence-corrected chi connectivity index (χ2v) is 4.91. The maximum Gasteiger partial charge on any atom is 0.274 e. The second kappa shape index (κ2) is 5.28. The van der Waals surface area contributed by atoms with Crippen LogP contribution in [-0.2, 0) is 0 Å². The van der Waals surface area contributed by atoms with Gasteiger partial charge in [0.15, 0.2) is 0 Å². The Balaban J connectivity index is 1.75. The van der Waals surface area contributed by atoms with Crippen molar-refractivity contribution in [3.63, 3.8) is 0 Å². The van der Waals surface area contributed by atoms with Crippen molar-refractivity contribution >= 4 is 5.91 Å². The first-order chi connectivity index (χ1) is 9.74. The fraction of sp³-hybridized carbons (Fsp3) is 0.385. The molecular formula is C13H15N5O2. The zero-order valence-electron chi connectivity index (χ0n) is 10.9. The largest absolute Gasteiger partial charge is 0.337 e. The van der Waals surface area contributed by atoms with Crippen molar-refractivity contribution in [1.82, 2.24) is 25.3 Å². The van der Waals surface area contributed by atoms with Gasteiger partial charge in [0.2, 0.25) is 0 Å². The highest BCUT2D eigenvalue weighted by molar-refractivity contribution is 5.92. The number of carbonyl (C=O) groups is 1. The van der Waals surface area contributed by atoms with E-state index in [1.807, 2.05) is 6.07 Å². The number of rotatable bonds is 2. The number of nitrogens with one attached hydrogen (secondary N) is 2. The molecule has 3 rings (SSSR count). The fourth-order valence-electron chi connectivity index (χ4n) is 2.54. The zero-order valence-corrected chi connectivity index (χ0v) is 10.9. The Bertz CT molecular complexity index is 629. The van der Waals surface area contributed by atoms with Crippen molar-refractivity contribution in [3.05, 3.63) is 46.1 Å². The number of aromatic nitrogens is 4. The van der Waals surface area contributed by atoms with Crippen LogP contribution in [-0.4, -0.2) is 44.3 Å². The number of aromatic amines is 2. The Hall–Kier alpha value is -2.44. The van der Waals surface area contributed by atoms with Crippen LogP contribution in [0.3, 0.4) is 0 Å². The average Bonchev–Trinajstić information content (AvgIpc) is 3.02. The number of amides is 1.